The van der Waals surface area contributed by atoms with Crippen LogP contribution in [-0.2, 0) is 15.1 Å². The summed E-state index contributed by atoms with van der Waals surface area (Å²) in [5, 5.41) is 3.00. The first-order valence-electron chi connectivity index (χ1n) is 6.23. The van der Waals surface area contributed by atoms with Crippen LogP contribution in [0.3, 0.4) is 0 Å². The molecule has 2 atom stereocenters. The third-order valence-electron chi connectivity index (χ3n) is 3.89. The normalized spacial score (nSPS) is 27.9. The molecule has 1 aliphatic heterocycles. The van der Waals surface area contributed by atoms with E-state index in [9.17, 15) is 14.0 Å². The van der Waals surface area contributed by atoms with Gasteiger partial charge >= 0.3 is 0 Å². The molecule has 0 spiro atoms. The quantitative estimate of drug-likeness (QED) is 0.862. The number of hydrogen-bond donors (Lipinski definition) is 1. The number of Topliss-reactive ketones (excluding diaryl/α,β-unsaturated/α-hetero) is 1. The van der Waals surface area contributed by atoms with Gasteiger partial charge in [0, 0.05) is 10.6 Å². The number of rotatable bonds is 1. The highest BCUT2D eigenvalue weighted by Gasteiger charge is 2.52. The highest BCUT2D eigenvalue weighted by Crippen LogP contribution is 2.44. The van der Waals surface area contributed by atoms with Gasteiger partial charge in [0.05, 0.1) is 16.5 Å². The molecule has 21 heavy (non-hydrogen) atoms. The van der Waals surface area contributed by atoms with E-state index in [-0.39, 0.29) is 21.7 Å². The van der Waals surface area contributed by atoms with Crippen molar-refractivity contribution in [2.24, 2.45) is 5.92 Å². The van der Waals surface area contributed by atoms with Crippen LogP contribution in [-0.4, -0.2) is 11.7 Å². The molecule has 1 heterocycles. The Morgan fingerprint density at radius 2 is 1.90 bits per heavy atom. The van der Waals surface area contributed by atoms with E-state index in [4.69, 9.17) is 23.2 Å². The number of benzene rings is 1. The minimum atomic E-state index is -1.08. The Labute approximate surface area is 130 Å². The second kappa shape index (κ2) is 4.68. The summed E-state index contributed by atoms with van der Waals surface area (Å²) in [6.45, 7) is 1.66. The summed E-state index contributed by atoms with van der Waals surface area (Å²) < 4.78 is 13.6. The van der Waals surface area contributed by atoms with Gasteiger partial charge in [-0.25, -0.2) is 4.39 Å². The lowest BCUT2D eigenvalue weighted by atomic mass is 9.75. The fourth-order valence-corrected chi connectivity index (χ4v) is 3.27. The van der Waals surface area contributed by atoms with Crippen molar-refractivity contribution in [2.75, 3.05) is 0 Å². The van der Waals surface area contributed by atoms with E-state index in [1.54, 1.807) is 6.92 Å². The van der Waals surface area contributed by atoms with E-state index in [1.165, 1.54) is 24.3 Å². The van der Waals surface area contributed by atoms with Gasteiger partial charge in [0.15, 0.2) is 5.78 Å². The molecular formula is C15H10Cl2FNO2. The summed E-state index contributed by atoms with van der Waals surface area (Å²) in [5.41, 5.74) is -0.332. The second-order valence-electron chi connectivity index (χ2n) is 5.25. The van der Waals surface area contributed by atoms with Crippen molar-refractivity contribution in [1.29, 1.82) is 0 Å². The highest BCUT2D eigenvalue weighted by atomic mass is 35.5. The third-order valence-corrected chi connectivity index (χ3v) is 4.42. The van der Waals surface area contributed by atoms with Crippen LogP contribution in [0, 0.1) is 11.7 Å². The molecule has 1 aliphatic carbocycles. The molecule has 1 aromatic rings. The first kappa shape index (κ1) is 14.3. The van der Waals surface area contributed by atoms with Crippen molar-refractivity contribution >= 4 is 34.9 Å². The van der Waals surface area contributed by atoms with Gasteiger partial charge in [-0.2, -0.15) is 0 Å². The van der Waals surface area contributed by atoms with Gasteiger partial charge in [0.25, 0.3) is 0 Å². The average Bonchev–Trinajstić information content (AvgIpc) is 2.66. The zero-order chi connectivity index (χ0) is 15.4. The number of nitrogens with one attached hydrogen (secondary N) is 1. The lowest BCUT2D eigenvalue weighted by Crippen LogP contribution is -2.43. The summed E-state index contributed by atoms with van der Waals surface area (Å²) in [5.74, 6) is -2.05. The topological polar surface area (TPSA) is 46.2 Å². The van der Waals surface area contributed by atoms with Crippen LogP contribution in [0.5, 0.6) is 0 Å². The predicted molar refractivity (Wildman–Crippen MR) is 77.4 cm³/mol. The number of carbonyl (C=O) groups excluding carboxylic acids is 2. The molecule has 1 fully saturated rings. The van der Waals surface area contributed by atoms with E-state index in [0.29, 0.717) is 11.1 Å². The van der Waals surface area contributed by atoms with Crippen LogP contribution in [0.15, 0.2) is 41.0 Å². The molecule has 0 bridgehead atoms. The van der Waals surface area contributed by atoms with Gasteiger partial charge < -0.3 is 5.32 Å². The van der Waals surface area contributed by atoms with Gasteiger partial charge in [-0.1, -0.05) is 29.3 Å². The molecule has 6 heteroatoms. The molecule has 1 amide bonds. The molecule has 0 saturated carbocycles. The molecule has 0 aromatic heterocycles. The lowest BCUT2D eigenvalue weighted by molar-refractivity contribution is -0.119. The standard InChI is InChI=1S/C15H10Cl2FNO2/c1-15(7-4-8(16)6-9(18)5-7)12-10(14(21)19-15)2-3-11(17)13(12)20/h2-6,12H,1H3,(H,19,21). The molecule has 1 aromatic carbocycles. The molecule has 3 rings (SSSR count). The molecule has 3 nitrogen and oxygen atoms in total. The number of fused-ring (bicyclic) bond motifs is 1. The minimum absolute atomic E-state index is 0.0500. The molecule has 1 saturated heterocycles. The summed E-state index contributed by atoms with van der Waals surface area (Å²) in [7, 11) is 0. The second-order valence-corrected chi connectivity index (χ2v) is 6.09. The van der Waals surface area contributed by atoms with Crippen LogP contribution in [0.25, 0.3) is 0 Å². The molecule has 0 radical (unpaired) electrons. The highest BCUT2D eigenvalue weighted by molar-refractivity contribution is 6.44. The van der Waals surface area contributed by atoms with Crippen molar-refractivity contribution in [3.05, 3.63) is 57.4 Å². The predicted octanol–water partition coefficient (Wildman–Crippen LogP) is 3.07. The Balaban J connectivity index is 2.18. The van der Waals surface area contributed by atoms with Crippen molar-refractivity contribution in [1.82, 2.24) is 5.32 Å². The zero-order valence-corrected chi connectivity index (χ0v) is 12.4. The Hall–Kier alpha value is -1.65. The molecule has 2 unspecified atom stereocenters. The molecule has 2 aliphatic rings. The monoisotopic (exact) mass is 325 g/mol. The number of hydrogen-bond acceptors (Lipinski definition) is 2. The number of carbonyl (C=O) groups is 2. The maximum atomic E-state index is 13.6. The fraction of sp³-hybridized carbons (Fsp3) is 0.200. The van der Waals surface area contributed by atoms with Crippen LogP contribution in [0.4, 0.5) is 4.39 Å². The summed E-state index contributed by atoms with van der Waals surface area (Å²) in [6.07, 6.45) is 2.93. The van der Waals surface area contributed by atoms with Crippen LogP contribution in [0.1, 0.15) is 12.5 Å². The summed E-state index contributed by atoms with van der Waals surface area (Å²) in [6, 6.07) is 3.96. The van der Waals surface area contributed by atoms with E-state index in [1.807, 2.05) is 0 Å². The number of amides is 1. The van der Waals surface area contributed by atoms with Crippen LogP contribution < -0.4 is 5.32 Å². The maximum absolute atomic E-state index is 13.6. The fourth-order valence-electron chi connectivity index (χ4n) is 2.87. The van der Waals surface area contributed by atoms with E-state index < -0.39 is 17.3 Å². The van der Waals surface area contributed by atoms with Gasteiger partial charge in [-0.3, -0.25) is 9.59 Å². The van der Waals surface area contributed by atoms with E-state index in [2.05, 4.69) is 5.32 Å². The van der Waals surface area contributed by atoms with Crippen molar-refractivity contribution < 1.29 is 14.0 Å². The molecule has 1 N–H and O–H groups in total. The van der Waals surface area contributed by atoms with Gasteiger partial charge in [0.2, 0.25) is 5.91 Å². The number of ketones is 1. The maximum Gasteiger partial charge on any atom is 0.248 e. The van der Waals surface area contributed by atoms with Gasteiger partial charge in [-0.05, 0) is 36.8 Å². The van der Waals surface area contributed by atoms with E-state index >= 15 is 0 Å². The Morgan fingerprint density at radius 3 is 2.57 bits per heavy atom. The first-order valence-corrected chi connectivity index (χ1v) is 6.99. The van der Waals surface area contributed by atoms with E-state index in [0.717, 1.165) is 6.07 Å². The first-order chi connectivity index (χ1) is 9.83. The van der Waals surface area contributed by atoms with Crippen molar-refractivity contribution in [3.63, 3.8) is 0 Å². The number of halogens is 3. The largest absolute Gasteiger partial charge is 0.342 e. The molecular weight excluding hydrogens is 316 g/mol. The summed E-state index contributed by atoms with van der Waals surface area (Å²) in [4.78, 5) is 24.4. The molecule has 108 valence electrons. The van der Waals surface area contributed by atoms with Crippen molar-refractivity contribution in [3.8, 4) is 0 Å². The Kier molecular flexibility index (Phi) is 3.19. The van der Waals surface area contributed by atoms with Gasteiger partial charge in [0.1, 0.15) is 5.82 Å². The van der Waals surface area contributed by atoms with Crippen LogP contribution in [0.2, 0.25) is 5.02 Å². The minimum Gasteiger partial charge on any atom is -0.342 e. The Bertz CT molecular complexity index is 721. The Morgan fingerprint density at radius 1 is 1.19 bits per heavy atom. The van der Waals surface area contributed by atoms with Crippen LogP contribution >= 0.6 is 23.2 Å². The lowest BCUT2D eigenvalue weighted by Gasteiger charge is -2.31. The SMILES string of the molecule is CC1(c2cc(F)cc(Cl)c2)NC(=O)C2=CC=C(Cl)C(=O)C21. The summed E-state index contributed by atoms with van der Waals surface area (Å²) >= 11 is 11.8. The smallest absolute Gasteiger partial charge is 0.248 e. The average molecular weight is 326 g/mol. The zero-order valence-electron chi connectivity index (χ0n) is 10.9. The van der Waals surface area contributed by atoms with Crippen molar-refractivity contribution in [2.45, 2.75) is 12.5 Å². The number of allylic oxidation sites excluding steroid dienone is 3. The third kappa shape index (κ3) is 2.10. The van der Waals surface area contributed by atoms with Gasteiger partial charge in [-0.15, -0.1) is 0 Å².